The highest BCUT2D eigenvalue weighted by Crippen LogP contribution is 2.19. The normalized spacial score (nSPS) is 20.4. The molecule has 1 aromatic rings. The SMILES string of the molecule is NC[C@H]1CC[C@@H](C(=O)NCCNS(=O)(=O)c2cccc([N+](=O)[O-])c2)O1. The fourth-order valence-corrected chi connectivity index (χ4v) is 3.48. The van der Waals surface area contributed by atoms with Crippen LogP contribution in [-0.2, 0) is 19.6 Å². The Bertz CT molecular complexity index is 739. The zero-order valence-electron chi connectivity index (χ0n) is 13.4. The van der Waals surface area contributed by atoms with E-state index in [1.165, 1.54) is 18.2 Å². The summed E-state index contributed by atoms with van der Waals surface area (Å²) in [5.74, 6) is -0.314. The summed E-state index contributed by atoms with van der Waals surface area (Å²) < 4.78 is 31.9. The largest absolute Gasteiger partial charge is 0.364 e. The summed E-state index contributed by atoms with van der Waals surface area (Å²) in [6.07, 6.45) is 0.603. The molecule has 138 valence electrons. The van der Waals surface area contributed by atoms with E-state index in [1.807, 2.05) is 0 Å². The first-order valence-corrected chi connectivity index (χ1v) is 9.19. The first-order valence-electron chi connectivity index (χ1n) is 7.71. The molecule has 0 bridgehead atoms. The van der Waals surface area contributed by atoms with Gasteiger partial charge in [-0.25, -0.2) is 13.1 Å². The van der Waals surface area contributed by atoms with Gasteiger partial charge in [-0.05, 0) is 18.9 Å². The van der Waals surface area contributed by atoms with Gasteiger partial charge in [-0.1, -0.05) is 6.07 Å². The van der Waals surface area contributed by atoms with Crippen molar-refractivity contribution in [2.24, 2.45) is 5.73 Å². The molecule has 0 aromatic heterocycles. The van der Waals surface area contributed by atoms with Crippen LogP contribution < -0.4 is 15.8 Å². The highest BCUT2D eigenvalue weighted by atomic mass is 32.2. The van der Waals surface area contributed by atoms with Crippen LogP contribution >= 0.6 is 0 Å². The molecule has 0 spiro atoms. The third-order valence-electron chi connectivity index (χ3n) is 3.72. The van der Waals surface area contributed by atoms with Crippen LogP contribution in [0.2, 0.25) is 0 Å². The summed E-state index contributed by atoms with van der Waals surface area (Å²) in [5, 5.41) is 13.3. The predicted molar refractivity (Wildman–Crippen MR) is 88.2 cm³/mol. The number of nitro benzene ring substituents is 1. The first-order chi connectivity index (χ1) is 11.8. The lowest BCUT2D eigenvalue weighted by Gasteiger charge is -2.13. The van der Waals surface area contributed by atoms with Gasteiger partial charge in [0, 0.05) is 31.8 Å². The molecule has 1 fully saturated rings. The monoisotopic (exact) mass is 372 g/mol. The van der Waals surface area contributed by atoms with Gasteiger partial charge in [0.1, 0.15) is 6.10 Å². The minimum absolute atomic E-state index is 0.0518. The number of sulfonamides is 1. The van der Waals surface area contributed by atoms with Crippen molar-refractivity contribution in [3.63, 3.8) is 0 Å². The second kappa shape index (κ2) is 8.34. The Morgan fingerprint density at radius 3 is 2.76 bits per heavy atom. The number of carbonyl (C=O) groups excluding carboxylic acids is 1. The lowest BCUT2D eigenvalue weighted by Crippen LogP contribution is -2.40. The Morgan fingerprint density at radius 2 is 2.12 bits per heavy atom. The van der Waals surface area contributed by atoms with Crippen molar-refractivity contribution in [3.05, 3.63) is 34.4 Å². The summed E-state index contributed by atoms with van der Waals surface area (Å²) in [5.41, 5.74) is 5.16. The molecule has 2 rings (SSSR count). The number of nitro groups is 1. The third kappa shape index (κ3) is 5.19. The number of amides is 1. The van der Waals surface area contributed by atoms with Crippen LogP contribution in [0.25, 0.3) is 0 Å². The van der Waals surface area contributed by atoms with E-state index in [0.717, 1.165) is 6.07 Å². The predicted octanol–water partition coefficient (Wildman–Crippen LogP) is -0.504. The second-order valence-corrected chi connectivity index (χ2v) is 7.27. The number of carbonyl (C=O) groups is 1. The molecule has 1 heterocycles. The lowest BCUT2D eigenvalue weighted by molar-refractivity contribution is -0.385. The minimum atomic E-state index is -3.90. The van der Waals surface area contributed by atoms with E-state index in [0.29, 0.717) is 19.4 Å². The molecular weight excluding hydrogens is 352 g/mol. The van der Waals surface area contributed by atoms with Gasteiger partial charge in [0.05, 0.1) is 15.9 Å². The van der Waals surface area contributed by atoms with Crippen LogP contribution in [-0.4, -0.2) is 51.1 Å². The average molecular weight is 372 g/mol. The summed E-state index contributed by atoms with van der Waals surface area (Å²) in [4.78, 5) is 21.7. The molecule has 0 saturated carbocycles. The molecular formula is C14H20N4O6S. The van der Waals surface area contributed by atoms with E-state index in [1.54, 1.807) is 0 Å². The number of non-ortho nitro benzene ring substituents is 1. The van der Waals surface area contributed by atoms with Gasteiger partial charge >= 0.3 is 0 Å². The molecule has 1 aliphatic rings. The number of ether oxygens (including phenoxy) is 1. The van der Waals surface area contributed by atoms with Crippen molar-refractivity contribution in [1.29, 1.82) is 0 Å². The zero-order valence-corrected chi connectivity index (χ0v) is 14.2. The highest BCUT2D eigenvalue weighted by molar-refractivity contribution is 7.89. The Balaban J connectivity index is 1.81. The molecule has 0 aliphatic carbocycles. The van der Waals surface area contributed by atoms with Crippen molar-refractivity contribution in [3.8, 4) is 0 Å². The molecule has 10 nitrogen and oxygen atoms in total. The molecule has 0 radical (unpaired) electrons. The van der Waals surface area contributed by atoms with Crippen molar-refractivity contribution in [2.45, 2.75) is 29.9 Å². The standard InChI is InChI=1S/C14H20N4O6S/c15-9-11-4-5-13(24-11)14(19)16-6-7-17-25(22,23)12-3-1-2-10(8-12)18(20)21/h1-3,8,11,13,17H,4-7,9,15H2,(H,16,19)/t11-,13+/m1/s1. The van der Waals surface area contributed by atoms with E-state index in [4.69, 9.17) is 10.5 Å². The maximum atomic E-state index is 12.1. The van der Waals surface area contributed by atoms with Crippen molar-refractivity contribution in [1.82, 2.24) is 10.0 Å². The second-order valence-electron chi connectivity index (χ2n) is 5.50. The first kappa shape index (κ1) is 19.2. The van der Waals surface area contributed by atoms with Crippen LogP contribution in [0, 0.1) is 10.1 Å². The highest BCUT2D eigenvalue weighted by Gasteiger charge is 2.29. The molecule has 4 N–H and O–H groups in total. The van der Waals surface area contributed by atoms with Gasteiger partial charge in [0.15, 0.2) is 0 Å². The molecule has 11 heteroatoms. The number of nitrogens with zero attached hydrogens (tertiary/aromatic N) is 1. The number of rotatable bonds is 8. The Kier molecular flexibility index (Phi) is 6.42. The van der Waals surface area contributed by atoms with Crippen LogP contribution in [0.4, 0.5) is 5.69 Å². The fourth-order valence-electron chi connectivity index (χ4n) is 2.40. The van der Waals surface area contributed by atoms with Gasteiger partial charge in [-0.3, -0.25) is 14.9 Å². The number of benzene rings is 1. The van der Waals surface area contributed by atoms with Crippen LogP contribution in [0.5, 0.6) is 0 Å². The molecule has 1 amide bonds. The Morgan fingerprint density at radius 1 is 1.36 bits per heavy atom. The van der Waals surface area contributed by atoms with E-state index in [-0.39, 0.29) is 35.7 Å². The summed E-state index contributed by atoms with van der Waals surface area (Å²) >= 11 is 0. The van der Waals surface area contributed by atoms with Crippen LogP contribution in [0.3, 0.4) is 0 Å². The van der Waals surface area contributed by atoms with Crippen molar-refractivity contribution >= 4 is 21.6 Å². The number of nitrogens with two attached hydrogens (primary N) is 1. The van der Waals surface area contributed by atoms with Crippen LogP contribution in [0.15, 0.2) is 29.2 Å². The molecule has 1 aromatic carbocycles. The Labute approximate surface area is 144 Å². The number of hydrogen-bond acceptors (Lipinski definition) is 7. The quantitative estimate of drug-likeness (QED) is 0.315. The third-order valence-corrected chi connectivity index (χ3v) is 5.18. The van der Waals surface area contributed by atoms with Gasteiger partial charge in [-0.15, -0.1) is 0 Å². The van der Waals surface area contributed by atoms with Crippen molar-refractivity contribution < 1.29 is 22.9 Å². The van der Waals surface area contributed by atoms with E-state index < -0.39 is 21.1 Å². The fraction of sp³-hybridized carbons (Fsp3) is 0.500. The minimum Gasteiger partial charge on any atom is -0.364 e. The van der Waals surface area contributed by atoms with Crippen molar-refractivity contribution in [2.75, 3.05) is 19.6 Å². The molecule has 0 unspecified atom stereocenters. The summed E-state index contributed by atoms with van der Waals surface area (Å²) in [6.45, 7) is 0.372. The number of nitrogens with one attached hydrogen (secondary N) is 2. The van der Waals surface area contributed by atoms with Crippen LogP contribution in [0.1, 0.15) is 12.8 Å². The molecule has 1 aliphatic heterocycles. The smallest absolute Gasteiger partial charge is 0.270 e. The average Bonchev–Trinajstić information content (AvgIpc) is 3.08. The zero-order chi connectivity index (χ0) is 18.4. The molecule has 1 saturated heterocycles. The number of hydrogen-bond donors (Lipinski definition) is 3. The van der Waals surface area contributed by atoms with Gasteiger partial charge in [0.2, 0.25) is 15.9 Å². The molecule has 2 atom stereocenters. The summed E-state index contributed by atoms with van der Waals surface area (Å²) in [6, 6.07) is 4.72. The maximum Gasteiger partial charge on any atom is 0.270 e. The lowest BCUT2D eigenvalue weighted by atomic mass is 10.2. The van der Waals surface area contributed by atoms with Gasteiger partial charge in [0.25, 0.3) is 5.69 Å². The topological polar surface area (TPSA) is 154 Å². The maximum absolute atomic E-state index is 12.1. The van der Waals surface area contributed by atoms with Gasteiger partial charge in [-0.2, -0.15) is 0 Å². The summed E-state index contributed by atoms with van der Waals surface area (Å²) in [7, 11) is -3.90. The van der Waals surface area contributed by atoms with E-state index >= 15 is 0 Å². The van der Waals surface area contributed by atoms with E-state index in [9.17, 15) is 23.3 Å². The van der Waals surface area contributed by atoms with E-state index in [2.05, 4.69) is 10.0 Å². The Hall–Kier alpha value is -2.08. The molecule has 25 heavy (non-hydrogen) atoms. The van der Waals surface area contributed by atoms with Gasteiger partial charge < -0.3 is 15.8 Å².